The highest BCUT2D eigenvalue weighted by molar-refractivity contribution is 5.77. The maximum absolute atomic E-state index is 13.9. The lowest BCUT2D eigenvalue weighted by atomic mass is 10.2. The number of aliphatic hydroxyl groups is 1. The predicted molar refractivity (Wildman–Crippen MR) is 112 cm³/mol. The van der Waals surface area contributed by atoms with Gasteiger partial charge in [-0.2, -0.15) is 0 Å². The Morgan fingerprint density at radius 1 is 1.03 bits per heavy atom. The van der Waals surface area contributed by atoms with E-state index in [-0.39, 0.29) is 30.7 Å². The van der Waals surface area contributed by atoms with E-state index in [1.807, 2.05) is 30.3 Å². The molecule has 0 fully saturated rings. The molecule has 0 saturated carbocycles. The molecule has 4 rings (SSSR count). The van der Waals surface area contributed by atoms with Crippen molar-refractivity contribution in [2.24, 2.45) is 7.05 Å². The third-order valence-electron chi connectivity index (χ3n) is 5.04. The van der Waals surface area contributed by atoms with Crippen molar-refractivity contribution in [1.82, 2.24) is 18.7 Å². The van der Waals surface area contributed by atoms with Crippen LogP contribution in [-0.4, -0.2) is 30.4 Å². The number of hydrogen-bond donors (Lipinski definition) is 1. The van der Waals surface area contributed by atoms with Gasteiger partial charge in [0.2, 0.25) is 0 Å². The van der Waals surface area contributed by atoms with Gasteiger partial charge in [-0.15, -0.1) is 0 Å². The molecule has 8 heteroatoms. The fourth-order valence-electron chi connectivity index (χ4n) is 3.57. The van der Waals surface area contributed by atoms with Crippen LogP contribution in [0.15, 0.2) is 64.2 Å². The van der Waals surface area contributed by atoms with Gasteiger partial charge in [-0.25, -0.2) is 14.2 Å². The van der Waals surface area contributed by atoms with Gasteiger partial charge in [0.1, 0.15) is 11.6 Å². The van der Waals surface area contributed by atoms with E-state index in [2.05, 4.69) is 4.98 Å². The quantitative estimate of drug-likeness (QED) is 0.530. The zero-order chi connectivity index (χ0) is 21.3. The van der Waals surface area contributed by atoms with Gasteiger partial charge in [0.05, 0.1) is 0 Å². The molecule has 1 N–H and O–H groups in total. The van der Waals surface area contributed by atoms with Crippen LogP contribution in [0, 0.1) is 5.82 Å². The van der Waals surface area contributed by atoms with Crippen LogP contribution in [0.25, 0.3) is 22.6 Å². The van der Waals surface area contributed by atoms with Crippen molar-refractivity contribution in [2.45, 2.75) is 19.5 Å². The zero-order valence-electron chi connectivity index (χ0n) is 16.5. The van der Waals surface area contributed by atoms with Crippen LogP contribution in [0.3, 0.4) is 0 Å². The van der Waals surface area contributed by atoms with Crippen LogP contribution in [0.5, 0.6) is 0 Å². The zero-order valence-corrected chi connectivity index (χ0v) is 16.5. The summed E-state index contributed by atoms with van der Waals surface area (Å²) >= 11 is 0. The summed E-state index contributed by atoms with van der Waals surface area (Å²) in [5.74, 6) is -0.0135. The molecular formula is C22H21FN4O3. The minimum Gasteiger partial charge on any atom is -0.396 e. The van der Waals surface area contributed by atoms with Crippen LogP contribution in [0.1, 0.15) is 12.0 Å². The minimum atomic E-state index is -0.504. The Labute approximate surface area is 171 Å². The van der Waals surface area contributed by atoms with Crippen molar-refractivity contribution in [3.8, 4) is 11.4 Å². The fourth-order valence-corrected chi connectivity index (χ4v) is 3.57. The molecule has 2 aromatic heterocycles. The molecule has 2 heterocycles. The average molecular weight is 408 g/mol. The lowest BCUT2D eigenvalue weighted by Gasteiger charge is -2.11. The molecule has 0 aliphatic carbocycles. The second kappa shape index (κ2) is 8.08. The van der Waals surface area contributed by atoms with Crippen molar-refractivity contribution >= 4 is 11.2 Å². The first-order valence-corrected chi connectivity index (χ1v) is 9.62. The second-order valence-electron chi connectivity index (χ2n) is 7.07. The molecule has 0 unspecified atom stereocenters. The summed E-state index contributed by atoms with van der Waals surface area (Å²) in [5.41, 5.74) is 0.961. The average Bonchev–Trinajstić information content (AvgIpc) is 3.12. The molecule has 0 aliphatic rings. The van der Waals surface area contributed by atoms with E-state index in [0.29, 0.717) is 17.9 Å². The van der Waals surface area contributed by atoms with E-state index in [0.717, 1.165) is 10.1 Å². The Kier molecular flexibility index (Phi) is 5.33. The number of aliphatic hydroxyl groups excluding tert-OH is 1. The van der Waals surface area contributed by atoms with Crippen molar-refractivity contribution in [3.05, 3.63) is 86.8 Å². The topological polar surface area (TPSA) is 82.0 Å². The predicted octanol–water partition coefficient (Wildman–Crippen LogP) is 2.13. The van der Waals surface area contributed by atoms with Gasteiger partial charge < -0.3 is 9.67 Å². The summed E-state index contributed by atoms with van der Waals surface area (Å²) in [6.07, 6.45) is 0.282. The highest BCUT2D eigenvalue weighted by atomic mass is 19.1. The first-order chi connectivity index (χ1) is 14.5. The van der Waals surface area contributed by atoms with E-state index < -0.39 is 17.1 Å². The molecule has 0 atom stereocenters. The highest BCUT2D eigenvalue weighted by Gasteiger charge is 2.21. The Hall–Kier alpha value is -3.52. The number of imidazole rings is 1. The minimum absolute atomic E-state index is 0.101. The van der Waals surface area contributed by atoms with Crippen LogP contribution in [-0.2, 0) is 20.1 Å². The molecule has 0 bridgehead atoms. The molecule has 30 heavy (non-hydrogen) atoms. The van der Waals surface area contributed by atoms with Gasteiger partial charge in [-0.05, 0) is 24.1 Å². The number of benzene rings is 2. The molecule has 0 radical (unpaired) electrons. The van der Waals surface area contributed by atoms with E-state index >= 15 is 0 Å². The maximum atomic E-state index is 13.9. The number of hydrogen-bond acceptors (Lipinski definition) is 4. The largest absolute Gasteiger partial charge is 0.396 e. The van der Waals surface area contributed by atoms with Gasteiger partial charge in [-0.3, -0.25) is 13.9 Å². The fraction of sp³-hybridized carbons (Fsp3) is 0.227. The molecule has 2 aromatic carbocycles. The summed E-state index contributed by atoms with van der Waals surface area (Å²) in [5, 5.41) is 9.14. The molecule has 0 amide bonds. The van der Waals surface area contributed by atoms with Gasteiger partial charge in [0.25, 0.3) is 5.56 Å². The Morgan fingerprint density at radius 2 is 1.80 bits per heavy atom. The van der Waals surface area contributed by atoms with Crippen LogP contribution in [0.2, 0.25) is 0 Å². The maximum Gasteiger partial charge on any atom is 0.332 e. The smallest absolute Gasteiger partial charge is 0.332 e. The molecule has 0 saturated heterocycles. The van der Waals surface area contributed by atoms with E-state index in [4.69, 9.17) is 5.11 Å². The Bertz CT molecular complexity index is 1320. The lowest BCUT2D eigenvalue weighted by Crippen LogP contribution is -2.39. The Balaban J connectivity index is 2.04. The standard InChI is InChI=1S/C22H21FN4O3/c1-25-20-18(21(29)26(22(25)30)11-6-12-28)27(14-15-7-3-2-4-8-15)19(24-20)16-9-5-10-17(23)13-16/h2-5,7-10,13,28H,6,11-12,14H2,1H3. The normalized spacial score (nSPS) is 11.3. The Morgan fingerprint density at radius 3 is 2.50 bits per heavy atom. The first kappa shape index (κ1) is 19.8. The molecule has 7 nitrogen and oxygen atoms in total. The third-order valence-corrected chi connectivity index (χ3v) is 5.04. The van der Waals surface area contributed by atoms with Crippen molar-refractivity contribution < 1.29 is 9.50 Å². The molecule has 154 valence electrons. The van der Waals surface area contributed by atoms with Crippen LogP contribution in [0.4, 0.5) is 4.39 Å². The van der Waals surface area contributed by atoms with E-state index in [1.165, 1.54) is 16.7 Å². The van der Waals surface area contributed by atoms with Crippen molar-refractivity contribution in [1.29, 1.82) is 0 Å². The number of nitrogens with zero attached hydrogens (tertiary/aromatic N) is 4. The van der Waals surface area contributed by atoms with Gasteiger partial charge in [-0.1, -0.05) is 42.5 Å². The van der Waals surface area contributed by atoms with Gasteiger partial charge in [0, 0.05) is 32.3 Å². The SMILES string of the molecule is Cn1c(=O)n(CCCO)c(=O)c2c1nc(-c1cccc(F)c1)n2Cc1ccccc1. The summed E-state index contributed by atoms with van der Waals surface area (Å²) in [4.78, 5) is 30.5. The molecule has 0 spiro atoms. The summed E-state index contributed by atoms with van der Waals surface area (Å²) in [6, 6.07) is 15.5. The summed E-state index contributed by atoms with van der Waals surface area (Å²) in [7, 11) is 1.55. The van der Waals surface area contributed by atoms with Crippen molar-refractivity contribution in [3.63, 3.8) is 0 Å². The monoisotopic (exact) mass is 408 g/mol. The van der Waals surface area contributed by atoms with Crippen LogP contribution < -0.4 is 11.2 Å². The van der Waals surface area contributed by atoms with Crippen LogP contribution >= 0.6 is 0 Å². The molecule has 4 aromatic rings. The molecular weight excluding hydrogens is 387 g/mol. The summed E-state index contributed by atoms with van der Waals surface area (Å²) in [6.45, 7) is 0.297. The molecule has 0 aliphatic heterocycles. The second-order valence-corrected chi connectivity index (χ2v) is 7.07. The van der Waals surface area contributed by atoms with Gasteiger partial charge in [0.15, 0.2) is 11.2 Å². The van der Waals surface area contributed by atoms with E-state index in [1.54, 1.807) is 23.7 Å². The number of aryl methyl sites for hydroxylation is 1. The van der Waals surface area contributed by atoms with Gasteiger partial charge >= 0.3 is 5.69 Å². The highest BCUT2D eigenvalue weighted by Crippen LogP contribution is 2.24. The number of fused-ring (bicyclic) bond motifs is 1. The number of halogens is 1. The third kappa shape index (κ3) is 3.46. The number of aromatic nitrogens is 4. The first-order valence-electron chi connectivity index (χ1n) is 9.62. The van der Waals surface area contributed by atoms with E-state index in [9.17, 15) is 14.0 Å². The van der Waals surface area contributed by atoms with Crippen molar-refractivity contribution in [2.75, 3.05) is 6.61 Å². The summed E-state index contributed by atoms with van der Waals surface area (Å²) < 4.78 is 18.1. The lowest BCUT2D eigenvalue weighted by molar-refractivity contribution is 0.277. The number of rotatable bonds is 6.